The molecule has 9 nitrogen and oxygen atoms in total. The van der Waals surface area contributed by atoms with E-state index in [0.717, 1.165) is 28.0 Å². The van der Waals surface area contributed by atoms with Gasteiger partial charge < -0.3 is 16.6 Å². The molecule has 0 atom stereocenters. The summed E-state index contributed by atoms with van der Waals surface area (Å²) in [7, 11) is 1.50. The highest BCUT2D eigenvalue weighted by Gasteiger charge is 2.31. The Bertz CT molecular complexity index is 1610. The van der Waals surface area contributed by atoms with Gasteiger partial charge in [-0.3, -0.25) is 4.79 Å². The van der Waals surface area contributed by atoms with Crippen molar-refractivity contribution in [3.8, 4) is 22.5 Å². The predicted molar refractivity (Wildman–Crippen MR) is 149 cm³/mol. The molecule has 38 heavy (non-hydrogen) atoms. The molecule has 0 amide bonds. The molecule has 10 heteroatoms. The van der Waals surface area contributed by atoms with Crippen molar-refractivity contribution in [3.63, 3.8) is 0 Å². The van der Waals surface area contributed by atoms with E-state index in [9.17, 15) is 9.90 Å². The van der Waals surface area contributed by atoms with E-state index >= 15 is 0 Å². The lowest BCUT2D eigenvalue weighted by Gasteiger charge is -2.24. The maximum Gasteiger partial charge on any atom is 0.306 e. The van der Waals surface area contributed by atoms with Crippen LogP contribution in [0.1, 0.15) is 37.4 Å². The van der Waals surface area contributed by atoms with Gasteiger partial charge in [-0.25, -0.2) is 19.5 Å². The number of imidazole rings is 1. The Morgan fingerprint density at radius 2 is 1.76 bits per heavy atom. The van der Waals surface area contributed by atoms with Gasteiger partial charge in [0.25, 0.3) is 0 Å². The lowest BCUT2D eigenvalue weighted by atomic mass is 9.82. The van der Waals surface area contributed by atoms with E-state index in [4.69, 9.17) is 27.3 Å². The van der Waals surface area contributed by atoms with Crippen LogP contribution in [0.25, 0.3) is 38.9 Å². The molecule has 3 heterocycles. The van der Waals surface area contributed by atoms with E-state index in [0.29, 0.717) is 53.3 Å². The Labute approximate surface area is 224 Å². The minimum Gasteiger partial charge on any atom is -0.481 e. The molecular formula is C28H28ClN7O2. The van der Waals surface area contributed by atoms with Crippen molar-refractivity contribution in [3.05, 3.63) is 71.8 Å². The van der Waals surface area contributed by atoms with Crippen LogP contribution in [0.4, 0.5) is 5.82 Å². The van der Waals surface area contributed by atoms with Crippen LogP contribution in [0.2, 0.25) is 5.02 Å². The first-order valence-electron chi connectivity index (χ1n) is 12.5. The molecule has 3 aromatic heterocycles. The van der Waals surface area contributed by atoms with Crippen molar-refractivity contribution in [1.29, 1.82) is 0 Å². The number of carboxylic acids is 1. The van der Waals surface area contributed by atoms with Crippen molar-refractivity contribution in [1.82, 2.24) is 24.6 Å². The Kier molecular flexibility index (Phi) is 7.22. The zero-order valence-corrected chi connectivity index (χ0v) is 21.6. The Hall–Kier alpha value is -4.08. The summed E-state index contributed by atoms with van der Waals surface area (Å²) in [5.41, 5.74) is 15.4. The van der Waals surface area contributed by atoms with Crippen LogP contribution in [0.5, 0.6) is 0 Å². The smallest absolute Gasteiger partial charge is 0.306 e. The van der Waals surface area contributed by atoms with Gasteiger partial charge in [-0.1, -0.05) is 48.0 Å². The molecule has 0 unspecified atom stereocenters. The first-order valence-corrected chi connectivity index (χ1v) is 12.8. The zero-order chi connectivity index (χ0) is 26.8. The number of benzene rings is 2. The minimum absolute atomic E-state index is 0.0678. The molecule has 0 radical (unpaired) electrons. The summed E-state index contributed by atoms with van der Waals surface area (Å²) < 4.78 is 1.73. The fourth-order valence-electron chi connectivity index (χ4n) is 5.12. The fraction of sp³-hybridized carbons (Fsp3) is 0.250. The molecule has 2 aromatic carbocycles. The second kappa shape index (κ2) is 10.7. The molecule has 0 aliphatic heterocycles. The van der Waals surface area contributed by atoms with Gasteiger partial charge in [0.1, 0.15) is 23.4 Å². The minimum atomic E-state index is -0.737. The quantitative estimate of drug-likeness (QED) is 0.289. The lowest BCUT2D eigenvalue weighted by Crippen LogP contribution is -2.21. The molecule has 0 saturated heterocycles. The largest absolute Gasteiger partial charge is 0.481 e. The number of hydrogen-bond donors (Lipinski definition) is 3. The van der Waals surface area contributed by atoms with Gasteiger partial charge in [0.15, 0.2) is 5.82 Å². The van der Waals surface area contributed by atoms with E-state index in [2.05, 4.69) is 15.8 Å². The molecule has 1 fully saturated rings. The van der Waals surface area contributed by atoms with Crippen molar-refractivity contribution < 1.29 is 9.90 Å². The number of hydrogen-bond acceptors (Lipinski definition) is 7. The van der Waals surface area contributed by atoms with Crippen molar-refractivity contribution in [2.45, 2.75) is 31.6 Å². The summed E-state index contributed by atoms with van der Waals surface area (Å²) in [5.74, 6) is 0.0730. The van der Waals surface area contributed by atoms with E-state index in [-0.39, 0.29) is 11.8 Å². The maximum absolute atomic E-state index is 11.4. The van der Waals surface area contributed by atoms with Gasteiger partial charge in [-0.2, -0.15) is 5.10 Å². The topological polar surface area (TPSA) is 145 Å². The average molecular weight is 530 g/mol. The van der Waals surface area contributed by atoms with Crippen LogP contribution < -0.4 is 11.5 Å². The number of carbonyl (C=O) groups is 1. The van der Waals surface area contributed by atoms with Gasteiger partial charge >= 0.3 is 5.97 Å². The highest BCUT2D eigenvalue weighted by atomic mass is 35.5. The molecule has 0 spiro atoms. The molecule has 1 saturated carbocycles. The predicted octanol–water partition coefficient (Wildman–Crippen LogP) is 5.18. The van der Waals surface area contributed by atoms with Crippen LogP contribution in [-0.2, 0) is 4.79 Å². The summed E-state index contributed by atoms with van der Waals surface area (Å²) in [4.78, 5) is 25.5. The second-order valence-electron chi connectivity index (χ2n) is 9.20. The van der Waals surface area contributed by atoms with Gasteiger partial charge in [-0.15, -0.1) is 0 Å². The number of aromatic nitrogens is 5. The Morgan fingerprint density at radius 3 is 2.47 bits per heavy atom. The first-order chi connectivity index (χ1) is 18.5. The molecule has 6 rings (SSSR count). The molecule has 1 aliphatic rings. The summed E-state index contributed by atoms with van der Waals surface area (Å²) in [6.45, 7) is 0. The Balaban J connectivity index is 0.00000144. The van der Waals surface area contributed by atoms with Crippen LogP contribution in [0.15, 0.2) is 60.9 Å². The average Bonchev–Trinajstić information content (AvgIpc) is 3.35. The van der Waals surface area contributed by atoms with E-state index in [1.54, 1.807) is 4.52 Å². The standard InChI is InChI=1S/C27H23ClN6O2.CH5N/c28-20-12-18-10-11-21(15-4-2-1-3-5-15)32-22(18)13-19(20)23-24-25(29)30-14-31-34(24)26(33-23)16-6-8-17(9-7-16)27(35)36;1-2/h1-5,10-14,16-17H,6-9H2,(H,35,36)(H2,29,30,31);2H2,1H3. The van der Waals surface area contributed by atoms with Crippen molar-refractivity contribution >= 4 is 39.8 Å². The number of pyridine rings is 1. The molecule has 1 aliphatic carbocycles. The molecule has 5 aromatic rings. The number of nitrogens with two attached hydrogens (primary N) is 2. The number of aliphatic carboxylic acids is 1. The van der Waals surface area contributed by atoms with Crippen LogP contribution >= 0.6 is 11.6 Å². The van der Waals surface area contributed by atoms with E-state index in [1.807, 2.05) is 54.6 Å². The van der Waals surface area contributed by atoms with Crippen LogP contribution in [-0.4, -0.2) is 42.7 Å². The number of carboxylic acid groups (broad SMARTS) is 1. The summed E-state index contributed by atoms with van der Waals surface area (Å²) in [6.07, 6.45) is 4.05. The molecule has 194 valence electrons. The van der Waals surface area contributed by atoms with Gasteiger partial charge in [-0.05, 0) is 50.9 Å². The highest BCUT2D eigenvalue weighted by Crippen LogP contribution is 2.40. The van der Waals surface area contributed by atoms with Gasteiger partial charge in [0, 0.05) is 22.4 Å². The number of halogens is 1. The zero-order valence-electron chi connectivity index (χ0n) is 20.9. The number of rotatable bonds is 4. The number of fused-ring (bicyclic) bond motifs is 2. The van der Waals surface area contributed by atoms with Gasteiger partial charge in [0.05, 0.1) is 22.2 Å². The normalized spacial score (nSPS) is 17.2. The van der Waals surface area contributed by atoms with E-state index < -0.39 is 5.97 Å². The van der Waals surface area contributed by atoms with E-state index in [1.165, 1.54) is 13.4 Å². The number of nitrogens with zero attached hydrogens (tertiary/aromatic N) is 5. The first kappa shape index (κ1) is 25.6. The van der Waals surface area contributed by atoms with Crippen LogP contribution in [0, 0.1) is 5.92 Å². The summed E-state index contributed by atoms with van der Waals surface area (Å²) in [6, 6.07) is 17.8. The molecule has 0 bridgehead atoms. The third-order valence-electron chi connectivity index (χ3n) is 7.03. The third kappa shape index (κ3) is 4.66. The number of nitrogen functional groups attached to an aromatic ring is 1. The van der Waals surface area contributed by atoms with Crippen LogP contribution in [0.3, 0.4) is 0 Å². The molecular weight excluding hydrogens is 502 g/mol. The number of anilines is 1. The fourth-order valence-corrected chi connectivity index (χ4v) is 5.38. The Morgan fingerprint density at radius 1 is 1.03 bits per heavy atom. The van der Waals surface area contributed by atoms with Gasteiger partial charge in [0.2, 0.25) is 0 Å². The van der Waals surface area contributed by atoms with Crippen molar-refractivity contribution in [2.24, 2.45) is 11.7 Å². The summed E-state index contributed by atoms with van der Waals surface area (Å²) in [5, 5.41) is 15.3. The highest BCUT2D eigenvalue weighted by molar-refractivity contribution is 6.34. The SMILES string of the molecule is CN.Nc1ncnn2c(C3CCC(C(=O)O)CC3)nc(-c3cc4nc(-c5ccccc5)ccc4cc3Cl)c12. The monoisotopic (exact) mass is 529 g/mol. The van der Waals surface area contributed by atoms with Crippen molar-refractivity contribution in [2.75, 3.05) is 12.8 Å². The second-order valence-corrected chi connectivity index (χ2v) is 9.61. The maximum atomic E-state index is 11.4. The lowest BCUT2D eigenvalue weighted by molar-refractivity contribution is -0.142. The third-order valence-corrected chi connectivity index (χ3v) is 7.34. The summed E-state index contributed by atoms with van der Waals surface area (Å²) >= 11 is 6.77. The molecule has 5 N–H and O–H groups in total.